The van der Waals surface area contributed by atoms with Gasteiger partial charge in [-0.2, -0.15) is 0 Å². The van der Waals surface area contributed by atoms with E-state index in [2.05, 4.69) is 10.2 Å². The third-order valence-electron chi connectivity index (χ3n) is 2.65. The molecule has 1 heterocycles. The van der Waals surface area contributed by atoms with Crippen LogP contribution < -0.4 is 0 Å². The van der Waals surface area contributed by atoms with E-state index < -0.39 is 0 Å². The zero-order valence-corrected chi connectivity index (χ0v) is 14.3. The molecule has 21 heavy (non-hydrogen) atoms. The fourth-order valence-electron chi connectivity index (χ4n) is 1.47. The second-order valence-corrected chi connectivity index (χ2v) is 7.64. The average molecular weight is 340 g/mol. The third kappa shape index (κ3) is 5.33. The molecule has 2 rings (SSSR count). The number of hydrogen-bond acceptors (Lipinski definition) is 7. The summed E-state index contributed by atoms with van der Waals surface area (Å²) in [7, 11) is 0. The van der Waals surface area contributed by atoms with Crippen LogP contribution in [0.5, 0.6) is 0 Å². The molecular formula is C14H16N2O2S3. The van der Waals surface area contributed by atoms with E-state index in [0.29, 0.717) is 12.4 Å². The number of aromatic nitrogens is 2. The molecule has 0 bridgehead atoms. The molecule has 0 N–H and O–H groups in total. The van der Waals surface area contributed by atoms with Crippen molar-refractivity contribution in [3.63, 3.8) is 0 Å². The Morgan fingerprint density at radius 1 is 1.29 bits per heavy atom. The lowest BCUT2D eigenvalue weighted by molar-refractivity contribution is -0.148. The highest BCUT2D eigenvalue weighted by atomic mass is 32.2. The molecule has 1 unspecified atom stereocenters. The Hall–Kier alpha value is -1.05. The minimum atomic E-state index is -0.180. The van der Waals surface area contributed by atoms with Crippen molar-refractivity contribution < 1.29 is 9.53 Å². The summed E-state index contributed by atoms with van der Waals surface area (Å²) in [6.45, 7) is 2.20. The summed E-state index contributed by atoms with van der Waals surface area (Å²) in [5, 5.41) is 8.10. The molecule has 4 nitrogen and oxygen atoms in total. The van der Waals surface area contributed by atoms with Crippen molar-refractivity contribution in [2.24, 2.45) is 5.92 Å². The van der Waals surface area contributed by atoms with Gasteiger partial charge in [0.15, 0.2) is 8.68 Å². The Morgan fingerprint density at radius 3 is 2.67 bits per heavy atom. The van der Waals surface area contributed by atoms with Crippen molar-refractivity contribution in [1.82, 2.24) is 10.2 Å². The first kappa shape index (κ1) is 16.3. The highest BCUT2D eigenvalue weighted by Crippen LogP contribution is 2.28. The van der Waals surface area contributed by atoms with Crippen LogP contribution in [0.3, 0.4) is 0 Å². The quantitative estimate of drug-likeness (QED) is 0.565. The van der Waals surface area contributed by atoms with Crippen molar-refractivity contribution in [2.75, 3.05) is 12.0 Å². The number of benzene rings is 1. The first-order valence-corrected chi connectivity index (χ1v) is 9.42. The van der Waals surface area contributed by atoms with Crippen molar-refractivity contribution >= 4 is 40.8 Å². The Kier molecular flexibility index (Phi) is 6.53. The van der Waals surface area contributed by atoms with E-state index in [4.69, 9.17) is 4.74 Å². The zero-order valence-electron chi connectivity index (χ0n) is 11.8. The molecule has 0 radical (unpaired) electrons. The molecule has 0 amide bonds. The van der Waals surface area contributed by atoms with Crippen LogP contribution in [0.1, 0.15) is 12.5 Å². The Bertz CT molecular complexity index is 575. The van der Waals surface area contributed by atoms with Crippen LogP contribution in [0.15, 0.2) is 39.0 Å². The van der Waals surface area contributed by atoms with Gasteiger partial charge in [0.25, 0.3) is 0 Å². The standard InChI is InChI=1S/C14H16N2O2S3/c1-10(9-20-14-16-15-13(19-2)21-14)12(17)18-8-11-6-4-3-5-7-11/h3-7,10H,8-9H2,1-2H3. The van der Waals surface area contributed by atoms with Gasteiger partial charge in [-0.15, -0.1) is 10.2 Å². The predicted molar refractivity (Wildman–Crippen MR) is 87.8 cm³/mol. The summed E-state index contributed by atoms with van der Waals surface area (Å²) < 4.78 is 7.15. The number of hydrogen-bond donors (Lipinski definition) is 0. The van der Waals surface area contributed by atoms with E-state index >= 15 is 0 Å². The van der Waals surface area contributed by atoms with Gasteiger partial charge < -0.3 is 4.74 Å². The number of nitrogens with zero attached hydrogens (tertiary/aromatic N) is 2. The minimum absolute atomic E-state index is 0.166. The first-order chi connectivity index (χ1) is 10.2. The Labute approximate surface area is 136 Å². The number of carbonyl (C=O) groups is 1. The molecule has 0 aliphatic heterocycles. The minimum Gasteiger partial charge on any atom is -0.461 e. The zero-order chi connectivity index (χ0) is 15.1. The molecule has 2 aromatic rings. The molecule has 1 aromatic heterocycles. The van der Waals surface area contributed by atoms with Crippen LogP contribution >= 0.6 is 34.9 Å². The van der Waals surface area contributed by atoms with Gasteiger partial charge in [0.1, 0.15) is 6.61 Å². The summed E-state index contributed by atoms with van der Waals surface area (Å²) in [5.41, 5.74) is 0.999. The van der Waals surface area contributed by atoms with E-state index in [1.807, 2.05) is 43.5 Å². The summed E-state index contributed by atoms with van der Waals surface area (Å²) in [6, 6.07) is 9.69. The van der Waals surface area contributed by atoms with Crippen LogP contribution in [0.25, 0.3) is 0 Å². The number of esters is 1. The van der Waals surface area contributed by atoms with Gasteiger partial charge in [0.05, 0.1) is 5.92 Å². The van der Waals surface area contributed by atoms with Crippen molar-refractivity contribution in [3.05, 3.63) is 35.9 Å². The molecule has 0 aliphatic rings. The topological polar surface area (TPSA) is 52.1 Å². The Morgan fingerprint density at radius 2 is 2.00 bits per heavy atom. The normalized spacial score (nSPS) is 12.1. The highest BCUT2D eigenvalue weighted by Gasteiger charge is 2.16. The molecule has 0 aliphatic carbocycles. The van der Waals surface area contributed by atoms with Crippen molar-refractivity contribution in [1.29, 1.82) is 0 Å². The lowest BCUT2D eigenvalue weighted by atomic mass is 10.2. The van der Waals surface area contributed by atoms with Gasteiger partial charge in [0.2, 0.25) is 0 Å². The monoisotopic (exact) mass is 340 g/mol. The maximum Gasteiger partial charge on any atom is 0.309 e. The van der Waals surface area contributed by atoms with E-state index in [-0.39, 0.29) is 11.9 Å². The van der Waals surface area contributed by atoms with Gasteiger partial charge in [-0.25, -0.2) is 0 Å². The molecule has 0 saturated carbocycles. The summed E-state index contributed by atoms with van der Waals surface area (Å²) in [4.78, 5) is 11.9. The first-order valence-electron chi connectivity index (χ1n) is 6.40. The van der Waals surface area contributed by atoms with Gasteiger partial charge in [-0.3, -0.25) is 4.79 Å². The molecular weight excluding hydrogens is 324 g/mol. The van der Waals surface area contributed by atoms with Crippen molar-refractivity contribution in [2.45, 2.75) is 22.2 Å². The number of ether oxygens (including phenoxy) is 1. The highest BCUT2D eigenvalue weighted by molar-refractivity contribution is 8.02. The molecule has 1 atom stereocenters. The van der Waals surface area contributed by atoms with Gasteiger partial charge >= 0.3 is 5.97 Å². The van der Waals surface area contributed by atoms with Crippen LogP contribution in [0.4, 0.5) is 0 Å². The van der Waals surface area contributed by atoms with Gasteiger partial charge in [0, 0.05) is 5.75 Å². The smallest absolute Gasteiger partial charge is 0.309 e. The molecule has 0 spiro atoms. The van der Waals surface area contributed by atoms with Crippen LogP contribution in [-0.2, 0) is 16.1 Å². The van der Waals surface area contributed by atoms with Crippen LogP contribution in [0, 0.1) is 5.92 Å². The van der Waals surface area contributed by atoms with E-state index in [1.54, 1.807) is 34.9 Å². The second-order valence-electron chi connectivity index (χ2n) is 4.34. The van der Waals surface area contributed by atoms with E-state index in [1.165, 1.54) is 0 Å². The number of carbonyl (C=O) groups excluding carboxylic acids is 1. The number of rotatable bonds is 7. The molecule has 1 aromatic carbocycles. The van der Waals surface area contributed by atoms with E-state index in [9.17, 15) is 4.79 Å². The second kappa shape index (κ2) is 8.41. The summed E-state index contributed by atoms with van der Waals surface area (Å²) >= 11 is 4.67. The molecule has 112 valence electrons. The molecule has 0 saturated heterocycles. The fourth-order valence-corrected chi connectivity index (χ4v) is 3.94. The lowest BCUT2D eigenvalue weighted by Crippen LogP contribution is -2.16. The molecule has 7 heteroatoms. The third-order valence-corrected chi connectivity index (χ3v) is 5.94. The van der Waals surface area contributed by atoms with Crippen molar-refractivity contribution in [3.8, 4) is 0 Å². The molecule has 0 fully saturated rings. The fraction of sp³-hybridized carbons (Fsp3) is 0.357. The van der Waals surface area contributed by atoms with Crippen LogP contribution in [-0.4, -0.2) is 28.2 Å². The largest absolute Gasteiger partial charge is 0.461 e. The summed E-state index contributed by atoms with van der Waals surface area (Å²) in [5.74, 6) is 0.303. The maximum absolute atomic E-state index is 11.9. The Balaban J connectivity index is 1.74. The predicted octanol–water partition coefficient (Wildman–Crippen LogP) is 3.73. The van der Waals surface area contributed by atoms with Crippen LogP contribution in [0.2, 0.25) is 0 Å². The lowest BCUT2D eigenvalue weighted by Gasteiger charge is -2.10. The maximum atomic E-state index is 11.9. The SMILES string of the molecule is CSc1nnc(SCC(C)C(=O)OCc2ccccc2)s1. The summed E-state index contributed by atoms with van der Waals surface area (Å²) in [6.07, 6.45) is 1.97. The van der Waals surface area contributed by atoms with Gasteiger partial charge in [-0.1, -0.05) is 72.1 Å². The van der Waals surface area contributed by atoms with Gasteiger partial charge in [-0.05, 0) is 11.8 Å². The van der Waals surface area contributed by atoms with E-state index in [0.717, 1.165) is 14.2 Å². The number of thioether (sulfide) groups is 2. The average Bonchev–Trinajstić information content (AvgIpc) is 2.99.